The molecule has 0 spiro atoms. The minimum Gasteiger partial charge on any atom is -0.495 e. The van der Waals surface area contributed by atoms with Gasteiger partial charge in [-0.1, -0.05) is 6.07 Å². The van der Waals surface area contributed by atoms with Crippen LogP contribution in [-0.2, 0) is 17.7 Å². The summed E-state index contributed by atoms with van der Waals surface area (Å²) < 4.78 is 10.8. The lowest BCUT2D eigenvalue weighted by atomic mass is 9.99. The van der Waals surface area contributed by atoms with Crippen LogP contribution in [0.1, 0.15) is 46.8 Å². The van der Waals surface area contributed by atoms with E-state index in [0.717, 1.165) is 48.4 Å². The van der Waals surface area contributed by atoms with Crippen LogP contribution >= 0.6 is 0 Å². The maximum atomic E-state index is 13.4. The standard InChI is InChI=1S/C25H28N8O3/c1-35-22-10-16(2-3-17(22)11-26)23(19-13-28-29-14-19)32-25(34)33-7-4-18-12-27-24(31-21(18)15-33)30-20-5-8-36-9-6-20/h2-3,10,12-14,20,23H,4-9,15H2,1H3,(H,28,29)(H,32,34)(H,27,30,31). The molecule has 2 aliphatic heterocycles. The molecule has 3 N–H and O–H groups in total. The third kappa shape index (κ3) is 5.08. The van der Waals surface area contributed by atoms with Crippen LogP contribution in [0.25, 0.3) is 0 Å². The number of nitriles is 1. The van der Waals surface area contributed by atoms with E-state index in [2.05, 4.69) is 31.9 Å². The van der Waals surface area contributed by atoms with Gasteiger partial charge < -0.3 is 25.0 Å². The largest absolute Gasteiger partial charge is 0.495 e. The number of ether oxygens (including phenoxy) is 2. The molecule has 1 fully saturated rings. The second-order valence-corrected chi connectivity index (χ2v) is 8.85. The van der Waals surface area contributed by atoms with Crippen molar-refractivity contribution in [1.29, 1.82) is 5.26 Å². The topological polar surface area (TPSA) is 141 Å². The Kier molecular flexibility index (Phi) is 6.95. The van der Waals surface area contributed by atoms with E-state index >= 15 is 0 Å². The molecule has 36 heavy (non-hydrogen) atoms. The summed E-state index contributed by atoms with van der Waals surface area (Å²) in [5.74, 6) is 1.04. The van der Waals surface area contributed by atoms with Crippen LogP contribution < -0.4 is 15.4 Å². The van der Waals surface area contributed by atoms with E-state index in [4.69, 9.17) is 14.5 Å². The van der Waals surface area contributed by atoms with Crippen LogP contribution in [0.5, 0.6) is 5.75 Å². The fourth-order valence-electron chi connectivity index (χ4n) is 4.54. The van der Waals surface area contributed by atoms with Gasteiger partial charge in [0.15, 0.2) is 0 Å². The first-order valence-corrected chi connectivity index (χ1v) is 12.0. The summed E-state index contributed by atoms with van der Waals surface area (Å²) in [5, 5.41) is 22.7. The highest BCUT2D eigenvalue weighted by Gasteiger charge is 2.27. The van der Waals surface area contributed by atoms with Crippen LogP contribution in [0.2, 0.25) is 0 Å². The van der Waals surface area contributed by atoms with Gasteiger partial charge in [-0.3, -0.25) is 5.10 Å². The molecule has 1 unspecified atom stereocenters. The molecule has 1 saturated heterocycles. The predicted molar refractivity (Wildman–Crippen MR) is 130 cm³/mol. The lowest BCUT2D eigenvalue weighted by Gasteiger charge is -2.30. The second-order valence-electron chi connectivity index (χ2n) is 8.85. The minimum absolute atomic E-state index is 0.215. The van der Waals surface area contributed by atoms with E-state index in [1.165, 1.54) is 7.11 Å². The number of H-pyrrole nitrogens is 1. The summed E-state index contributed by atoms with van der Waals surface area (Å²) in [6.45, 7) is 2.42. The van der Waals surface area contributed by atoms with Gasteiger partial charge in [0.1, 0.15) is 11.8 Å². The number of methoxy groups -OCH3 is 1. The van der Waals surface area contributed by atoms with Gasteiger partial charge in [-0.05, 0) is 42.5 Å². The van der Waals surface area contributed by atoms with Crippen molar-refractivity contribution in [3.63, 3.8) is 0 Å². The number of nitrogens with one attached hydrogen (secondary N) is 3. The Morgan fingerprint density at radius 3 is 2.92 bits per heavy atom. The zero-order valence-electron chi connectivity index (χ0n) is 20.0. The quantitative estimate of drug-likeness (QED) is 0.481. The Labute approximate surface area is 208 Å². The van der Waals surface area contributed by atoms with Crippen LogP contribution in [0.4, 0.5) is 10.7 Å². The van der Waals surface area contributed by atoms with Crippen LogP contribution in [0.3, 0.4) is 0 Å². The summed E-state index contributed by atoms with van der Waals surface area (Å²) in [6, 6.07) is 6.98. The molecular formula is C25H28N8O3. The number of nitrogens with zero attached hydrogens (tertiary/aromatic N) is 5. The smallest absolute Gasteiger partial charge is 0.318 e. The second kappa shape index (κ2) is 10.6. The Morgan fingerprint density at radius 1 is 1.31 bits per heavy atom. The van der Waals surface area contributed by atoms with Gasteiger partial charge in [-0.2, -0.15) is 10.4 Å². The molecule has 0 radical (unpaired) electrons. The van der Waals surface area contributed by atoms with Crippen molar-refractivity contribution in [2.75, 3.05) is 32.2 Å². The monoisotopic (exact) mass is 488 g/mol. The number of hydrogen-bond donors (Lipinski definition) is 3. The zero-order chi connectivity index (χ0) is 24.9. The number of carbonyl (C=O) groups excluding carboxylic acids is 1. The number of carbonyl (C=O) groups is 1. The average Bonchev–Trinajstić information content (AvgIpc) is 3.46. The third-order valence-electron chi connectivity index (χ3n) is 6.59. The van der Waals surface area contributed by atoms with E-state index < -0.39 is 6.04 Å². The molecule has 2 aliphatic rings. The number of anilines is 1. The summed E-state index contributed by atoms with van der Waals surface area (Å²) in [5.41, 5.74) is 3.90. The predicted octanol–water partition coefficient (Wildman–Crippen LogP) is 2.53. The minimum atomic E-state index is -0.476. The van der Waals surface area contributed by atoms with Crippen molar-refractivity contribution in [2.45, 2.75) is 37.9 Å². The molecule has 1 aromatic carbocycles. The highest BCUT2D eigenvalue weighted by atomic mass is 16.5. The number of rotatable bonds is 6. The lowest BCUT2D eigenvalue weighted by Crippen LogP contribution is -2.44. The lowest BCUT2D eigenvalue weighted by molar-refractivity contribution is 0.0903. The van der Waals surface area contributed by atoms with E-state index in [1.54, 1.807) is 29.4 Å². The fourth-order valence-corrected chi connectivity index (χ4v) is 4.54. The molecule has 2 amide bonds. The number of hydrogen-bond acceptors (Lipinski definition) is 8. The van der Waals surface area contributed by atoms with Gasteiger partial charge in [-0.25, -0.2) is 14.8 Å². The van der Waals surface area contributed by atoms with E-state index in [9.17, 15) is 10.1 Å². The molecular weight excluding hydrogens is 460 g/mol. The van der Waals surface area contributed by atoms with E-state index in [1.807, 2.05) is 12.3 Å². The van der Waals surface area contributed by atoms with E-state index in [-0.39, 0.29) is 6.03 Å². The van der Waals surface area contributed by atoms with Crippen molar-refractivity contribution in [1.82, 2.24) is 30.4 Å². The van der Waals surface area contributed by atoms with Gasteiger partial charge in [-0.15, -0.1) is 0 Å². The number of benzene rings is 1. The van der Waals surface area contributed by atoms with Gasteiger partial charge in [0.05, 0.1) is 37.2 Å². The Hall–Kier alpha value is -4.17. The van der Waals surface area contributed by atoms with Crippen LogP contribution in [0.15, 0.2) is 36.8 Å². The molecule has 1 atom stereocenters. The molecule has 4 heterocycles. The first-order chi connectivity index (χ1) is 17.6. The van der Waals surface area contributed by atoms with Crippen molar-refractivity contribution in [3.8, 4) is 11.8 Å². The molecule has 0 aliphatic carbocycles. The Morgan fingerprint density at radius 2 is 2.17 bits per heavy atom. The number of urea groups is 1. The summed E-state index contributed by atoms with van der Waals surface area (Å²) >= 11 is 0. The molecule has 3 aromatic rings. The van der Waals surface area contributed by atoms with Gasteiger partial charge >= 0.3 is 6.03 Å². The van der Waals surface area contributed by atoms with Gasteiger partial charge in [0.2, 0.25) is 5.95 Å². The molecule has 11 heteroatoms. The van der Waals surface area contributed by atoms with Gasteiger partial charge in [0.25, 0.3) is 0 Å². The molecule has 2 aromatic heterocycles. The van der Waals surface area contributed by atoms with Crippen LogP contribution in [-0.4, -0.2) is 64.0 Å². The maximum Gasteiger partial charge on any atom is 0.318 e. The number of fused-ring (bicyclic) bond motifs is 1. The summed E-state index contributed by atoms with van der Waals surface area (Å²) in [4.78, 5) is 24.3. The highest BCUT2D eigenvalue weighted by Crippen LogP contribution is 2.28. The zero-order valence-corrected chi connectivity index (χ0v) is 20.0. The highest BCUT2D eigenvalue weighted by molar-refractivity contribution is 5.75. The fraction of sp³-hybridized carbons (Fsp3) is 0.400. The molecule has 5 rings (SSSR count). The first kappa shape index (κ1) is 23.6. The summed E-state index contributed by atoms with van der Waals surface area (Å²) in [6.07, 6.45) is 7.79. The van der Waals surface area contributed by atoms with Crippen molar-refractivity contribution >= 4 is 12.0 Å². The van der Waals surface area contributed by atoms with Crippen molar-refractivity contribution in [3.05, 3.63) is 64.7 Å². The third-order valence-corrected chi connectivity index (χ3v) is 6.59. The molecule has 0 saturated carbocycles. The number of amides is 2. The molecule has 0 bridgehead atoms. The Balaban J connectivity index is 1.32. The summed E-state index contributed by atoms with van der Waals surface area (Å²) in [7, 11) is 1.52. The Bertz CT molecular complexity index is 1250. The van der Waals surface area contributed by atoms with Crippen LogP contribution in [0, 0.1) is 11.3 Å². The van der Waals surface area contributed by atoms with Crippen molar-refractivity contribution in [2.24, 2.45) is 0 Å². The van der Waals surface area contributed by atoms with Gasteiger partial charge in [0, 0.05) is 43.8 Å². The molecule has 11 nitrogen and oxygen atoms in total. The first-order valence-electron chi connectivity index (χ1n) is 12.0. The maximum absolute atomic E-state index is 13.4. The SMILES string of the molecule is COc1cc(C(NC(=O)N2CCc3cnc(NC4CCOCC4)nc3C2)c2cn[nH]c2)ccc1C#N. The normalized spacial score (nSPS) is 16.5. The van der Waals surface area contributed by atoms with E-state index in [0.29, 0.717) is 42.8 Å². The average molecular weight is 489 g/mol. The number of aromatic nitrogens is 4. The van der Waals surface area contributed by atoms with Crippen molar-refractivity contribution < 1.29 is 14.3 Å². The number of aromatic amines is 1. The molecule has 186 valence electrons.